The number of fused-ring (bicyclic) bond motifs is 2. The molecule has 0 spiro atoms. The third-order valence-corrected chi connectivity index (χ3v) is 5.39. The topological polar surface area (TPSA) is 123 Å². The Kier molecular flexibility index (Phi) is 3.49. The molecule has 0 radical (unpaired) electrons. The molecule has 0 saturated carbocycles. The first-order valence-corrected chi connectivity index (χ1v) is 7.68. The number of rotatable bonds is 2. The molecule has 7 nitrogen and oxygen atoms in total. The lowest BCUT2D eigenvalue weighted by Gasteiger charge is -2.47. The van der Waals surface area contributed by atoms with E-state index in [1.807, 2.05) is 18.2 Å². The smallest absolute Gasteiger partial charge is 0.214 e. The first-order valence-electron chi connectivity index (χ1n) is 7.68. The van der Waals surface area contributed by atoms with Gasteiger partial charge >= 0.3 is 0 Å². The molecule has 4 atom stereocenters. The summed E-state index contributed by atoms with van der Waals surface area (Å²) >= 11 is 0. The molecule has 2 aliphatic heterocycles. The van der Waals surface area contributed by atoms with Gasteiger partial charge in [-0.3, -0.25) is 5.41 Å². The van der Waals surface area contributed by atoms with Crippen LogP contribution in [0.1, 0.15) is 25.5 Å². The normalized spacial score (nSPS) is 35.0. The second-order valence-electron chi connectivity index (χ2n) is 6.39. The van der Waals surface area contributed by atoms with Crippen molar-refractivity contribution in [2.45, 2.75) is 25.7 Å². The maximum Gasteiger partial charge on any atom is 0.214 e. The molecule has 0 aliphatic carbocycles. The van der Waals surface area contributed by atoms with Gasteiger partial charge in [0.05, 0.1) is 31.2 Å². The van der Waals surface area contributed by atoms with Crippen LogP contribution in [-0.2, 0) is 9.47 Å². The van der Waals surface area contributed by atoms with Gasteiger partial charge in [0.15, 0.2) is 5.41 Å². The van der Waals surface area contributed by atoms with Crippen molar-refractivity contribution in [3.05, 3.63) is 29.8 Å². The van der Waals surface area contributed by atoms with Crippen LogP contribution in [0.3, 0.4) is 0 Å². The van der Waals surface area contributed by atoms with Crippen molar-refractivity contribution in [2.75, 3.05) is 7.11 Å². The molecule has 1 N–H and O–H groups in total. The maximum atomic E-state index is 9.95. The summed E-state index contributed by atoms with van der Waals surface area (Å²) in [4.78, 5) is 0. The van der Waals surface area contributed by atoms with Crippen molar-refractivity contribution in [1.82, 2.24) is 0 Å². The molecule has 126 valence electrons. The minimum atomic E-state index is -1.93. The van der Waals surface area contributed by atoms with Gasteiger partial charge < -0.3 is 14.2 Å². The molecule has 3 rings (SSSR count). The largest absolute Gasteiger partial charge is 0.497 e. The van der Waals surface area contributed by atoms with Crippen LogP contribution in [0.25, 0.3) is 0 Å². The van der Waals surface area contributed by atoms with Gasteiger partial charge in [-0.2, -0.15) is 15.8 Å². The molecule has 2 aliphatic rings. The zero-order valence-corrected chi connectivity index (χ0v) is 14.0. The van der Waals surface area contributed by atoms with Gasteiger partial charge in [-0.1, -0.05) is 19.1 Å². The van der Waals surface area contributed by atoms with Crippen molar-refractivity contribution in [1.29, 1.82) is 21.2 Å². The molecule has 2 saturated heterocycles. The molecule has 0 amide bonds. The Morgan fingerprint density at radius 1 is 1.20 bits per heavy atom. The summed E-state index contributed by atoms with van der Waals surface area (Å²) in [5, 5.41) is 38.1. The van der Waals surface area contributed by atoms with Crippen LogP contribution in [0.15, 0.2) is 24.3 Å². The Balaban J connectivity index is 2.31. The van der Waals surface area contributed by atoms with Crippen LogP contribution in [0, 0.1) is 56.2 Å². The second-order valence-corrected chi connectivity index (χ2v) is 6.39. The number of ether oxygens (including phenoxy) is 3. The van der Waals surface area contributed by atoms with E-state index in [4.69, 9.17) is 19.6 Å². The predicted molar refractivity (Wildman–Crippen MR) is 84.9 cm³/mol. The lowest BCUT2D eigenvalue weighted by Crippen LogP contribution is -2.57. The van der Waals surface area contributed by atoms with E-state index in [1.165, 1.54) is 7.11 Å². The number of nitrogens with one attached hydrogen (secondary N) is 1. The van der Waals surface area contributed by atoms with Crippen molar-refractivity contribution in [2.24, 2.45) is 16.7 Å². The van der Waals surface area contributed by atoms with Crippen LogP contribution in [0.4, 0.5) is 0 Å². The Hall–Kier alpha value is -3.08. The van der Waals surface area contributed by atoms with Gasteiger partial charge in [0.2, 0.25) is 17.1 Å². The van der Waals surface area contributed by atoms with Gasteiger partial charge in [0.25, 0.3) is 0 Å². The molecular weight excluding hydrogens is 320 g/mol. The third-order valence-electron chi connectivity index (χ3n) is 5.39. The van der Waals surface area contributed by atoms with E-state index < -0.39 is 34.5 Å². The molecule has 0 aromatic heterocycles. The van der Waals surface area contributed by atoms with E-state index in [1.54, 1.807) is 38.1 Å². The lowest BCUT2D eigenvalue weighted by molar-refractivity contribution is -0.268. The molecule has 1 aromatic carbocycles. The quantitative estimate of drug-likeness (QED) is 0.885. The van der Waals surface area contributed by atoms with Gasteiger partial charge in [0.1, 0.15) is 11.9 Å². The fourth-order valence-electron chi connectivity index (χ4n) is 3.81. The predicted octanol–water partition coefficient (Wildman–Crippen LogP) is 2.67. The summed E-state index contributed by atoms with van der Waals surface area (Å²) in [6.45, 7) is 3.28. The molecule has 2 heterocycles. The minimum Gasteiger partial charge on any atom is -0.497 e. The molecule has 2 bridgehead atoms. The van der Waals surface area contributed by atoms with Crippen molar-refractivity contribution in [3.8, 4) is 24.0 Å². The zero-order valence-electron chi connectivity index (χ0n) is 14.0. The highest BCUT2D eigenvalue weighted by molar-refractivity contribution is 5.89. The first-order chi connectivity index (χ1) is 11.8. The van der Waals surface area contributed by atoms with Crippen molar-refractivity contribution in [3.63, 3.8) is 0 Å². The van der Waals surface area contributed by atoms with Crippen LogP contribution in [-0.4, -0.2) is 18.8 Å². The van der Waals surface area contributed by atoms with E-state index in [9.17, 15) is 15.8 Å². The standard InChI is InChI=1S/C18H16N4O3/c1-11-16(2)24-14(12-5-4-6-13(7-12)23-3)17(8-19,9-20)18(11,10-21)15(22)25-16/h4-7,11,14,22H,1-3H3/t11-,14-,16+,18-/m1/s1. The van der Waals surface area contributed by atoms with Gasteiger partial charge in [-0.15, -0.1) is 0 Å². The molecule has 1 aromatic rings. The summed E-state index contributed by atoms with van der Waals surface area (Å²) < 4.78 is 16.8. The average molecular weight is 336 g/mol. The van der Waals surface area contributed by atoms with Gasteiger partial charge in [-0.25, -0.2) is 0 Å². The van der Waals surface area contributed by atoms with E-state index in [-0.39, 0.29) is 0 Å². The van der Waals surface area contributed by atoms with Crippen LogP contribution >= 0.6 is 0 Å². The van der Waals surface area contributed by atoms with Crippen LogP contribution in [0.2, 0.25) is 0 Å². The number of benzene rings is 1. The van der Waals surface area contributed by atoms with Gasteiger partial charge in [0, 0.05) is 6.92 Å². The molecule has 7 heteroatoms. The highest BCUT2D eigenvalue weighted by atomic mass is 16.7. The highest BCUT2D eigenvalue weighted by Gasteiger charge is 2.78. The summed E-state index contributed by atoms with van der Waals surface area (Å²) in [6.07, 6.45) is -1.07. The van der Waals surface area contributed by atoms with Crippen molar-refractivity contribution < 1.29 is 14.2 Å². The number of nitriles is 3. The Morgan fingerprint density at radius 2 is 1.88 bits per heavy atom. The second kappa shape index (κ2) is 5.21. The SMILES string of the molecule is COc1cccc([C@H]2O[C@@]3(C)OC(=N)[C@@](C#N)([C@@H]3C)C2(C#N)C#N)c1. The first kappa shape index (κ1) is 16.8. The Morgan fingerprint density at radius 3 is 2.44 bits per heavy atom. The molecular formula is C18H16N4O3. The Bertz CT molecular complexity index is 864. The summed E-state index contributed by atoms with van der Waals surface area (Å²) in [7, 11) is 1.51. The summed E-state index contributed by atoms with van der Waals surface area (Å²) in [6, 6.07) is 12.8. The van der Waals surface area contributed by atoms with E-state index in [0.717, 1.165) is 0 Å². The number of methoxy groups -OCH3 is 1. The van der Waals surface area contributed by atoms with Crippen LogP contribution in [0.5, 0.6) is 5.75 Å². The van der Waals surface area contributed by atoms with E-state index >= 15 is 0 Å². The van der Waals surface area contributed by atoms with E-state index in [0.29, 0.717) is 11.3 Å². The summed E-state index contributed by atoms with van der Waals surface area (Å²) in [5.41, 5.74) is -3.14. The third kappa shape index (κ3) is 1.78. The van der Waals surface area contributed by atoms with Gasteiger partial charge in [-0.05, 0) is 17.7 Å². The monoisotopic (exact) mass is 336 g/mol. The van der Waals surface area contributed by atoms with E-state index in [2.05, 4.69) is 0 Å². The molecule has 25 heavy (non-hydrogen) atoms. The minimum absolute atomic E-state index is 0.404. The number of hydrogen-bond donors (Lipinski definition) is 1. The van der Waals surface area contributed by atoms with Crippen molar-refractivity contribution >= 4 is 5.90 Å². The zero-order chi connectivity index (χ0) is 18.5. The average Bonchev–Trinajstić information content (AvgIpc) is 2.77. The fraction of sp³-hybridized carbons (Fsp3) is 0.444. The fourth-order valence-corrected chi connectivity index (χ4v) is 3.81. The number of nitrogens with zero attached hydrogens (tertiary/aromatic N) is 3. The highest BCUT2D eigenvalue weighted by Crippen LogP contribution is 2.66. The molecule has 2 fully saturated rings. The molecule has 0 unspecified atom stereocenters. The maximum absolute atomic E-state index is 9.95. The Labute approximate surface area is 145 Å². The van der Waals surface area contributed by atoms with Crippen LogP contribution < -0.4 is 4.74 Å². The lowest BCUT2D eigenvalue weighted by atomic mass is 9.54. The number of hydrogen-bond acceptors (Lipinski definition) is 7. The summed E-state index contributed by atoms with van der Waals surface area (Å²) in [5.74, 6) is -1.82.